The van der Waals surface area contributed by atoms with Crippen molar-refractivity contribution in [2.45, 2.75) is 19.4 Å². The van der Waals surface area contributed by atoms with E-state index >= 15 is 0 Å². The first kappa shape index (κ1) is 23.0. The molecule has 0 unspecified atom stereocenters. The Morgan fingerprint density at radius 1 is 0.971 bits per heavy atom. The summed E-state index contributed by atoms with van der Waals surface area (Å²) in [6.07, 6.45) is 0.108. The summed E-state index contributed by atoms with van der Waals surface area (Å²) >= 11 is 0. The minimum absolute atomic E-state index is 0.108. The largest absolute Gasteiger partial charge is 0.497 e. The molecule has 3 aromatic carbocycles. The number of benzene rings is 3. The molecule has 3 amide bonds. The molecular formula is C27H27N3O4. The zero-order valence-electron chi connectivity index (χ0n) is 19.2. The summed E-state index contributed by atoms with van der Waals surface area (Å²) in [4.78, 5) is 40.2. The first-order chi connectivity index (χ1) is 16.5. The van der Waals surface area contributed by atoms with Gasteiger partial charge in [0.2, 0.25) is 11.8 Å². The molecule has 2 atom stereocenters. The highest BCUT2D eigenvalue weighted by Crippen LogP contribution is 2.28. The number of rotatable bonds is 7. The number of methoxy groups -OCH3 is 1. The maximum Gasteiger partial charge on any atom is 0.253 e. The van der Waals surface area contributed by atoms with Crippen molar-refractivity contribution in [1.29, 1.82) is 0 Å². The fourth-order valence-electron chi connectivity index (χ4n) is 4.02. The van der Waals surface area contributed by atoms with Crippen molar-refractivity contribution in [3.8, 4) is 5.75 Å². The Morgan fingerprint density at radius 2 is 1.65 bits per heavy atom. The van der Waals surface area contributed by atoms with Gasteiger partial charge in [0.15, 0.2) is 0 Å². The number of amides is 3. The lowest BCUT2D eigenvalue weighted by atomic mass is 10.1. The molecule has 3 aromatic rings. The predicted molar refractivity (Wildman–Crippen MR) is 131 cm³/mol. The van der Waals surface area contributed by atoms with E-state index in [-0.39, 0.29) is 36.7 Å². The summed E-state index contributed by atoms with van der Waals surface area (Å²) < 4.78 is 5.16. The third kappa shape index (κ3) is 5.09. The maximum absolute atomic E-state index is 13.0. The van der Waals surface area contributed by atoms with Crippen LogP contribution in [0.3, 0.4) is 0 Å². The Hall–Kier alpha value is -4.13. The Morgan fingerprint density at radius 3 is 2.35 bits per heavy atom. The average molecular weight is 458 g/mol. The molecule has 174 valence electrons. The van der Waals surface area contributed by atoms with Crippen LogP contribution in [0.1, 0.15) is 35.3 Å². The van der Waals surface area contributed by atoms with E-state index in [0.29, 0.717) is 17.0 Å². The van der Waals surface area contributed by atoms with Gasteiger partial charge >= 0.3 is 0 Å². The van der Waals surface area contributed by atoms with E-state index in [2.05, 4.69) is 10.6 Å². The number of nitrogens with zero attached hydrogens (tertiary/aromatic N) is 1. The van der Waals surface area contributed by atoms with Gasteiger partial charge in [-0.2, -0.15) is 0 Å². The van der Waals surface area contributed by atoms with Gasteiger partial charge in [0.25, 0.3) is 5.91 Å². The Labute approximate surface area is 198 Å². The predicted octanol–water partition coefficient (Wildman–Crippen LogP) is 4.18. The zero-order valence-corrected chi connectivity index (χ0v) is 19.2. The van der Waals surface area contributed by atoms with E-state index in [4.69, 9.17) is 4.74 Å². The maximum atomic E-state index is 13.0. The fourth-order valence-corrected chi connectivity index (χ4v) is 4.02. The molecule has 0 bridgehead atoms. The van der Waals surface area contributed by atoms with Crippen LogP contribution in [0.25, 0.3) is 0 Å². The van der Waals surface area contributed by atoms with Crippen LogP contribution in [0.2, 0.25) is 0 Å². The molecule has 2 N–H and O–H groups in total. The molecule has 0 aromatic heterocycles. The topological polar surface area (TPSA) is 87.7 Å². The van der Waals surface area contributed by atoms with E-state index in [9.17, 15) is 14.4 Å². The van der Waals surface area contributed by atoms with Gasteiger partial charge in [0.05, 0.1) is 30.3 Å². The van der Waals surface area contributed by atoms with E-state index < -0.39 is 5.92 Å². The van der Waals surface area contributed by atoms with Crippen LogP contribution in [0, 0.1) is 5.92 Å². The minimum atomic E-state index is -0.519. The molecule has 1 aliphatic rings. The van der Waals surface area contributed by atoms with Gasteiger partial charge in [-0.25, -0.2) is 0 Å². The Balaban J connectivity index is 1.43. The zero-order chi connectivity index (χ0) is 24.1. The minimum Gasteiger partial charge on any atom is -0.497 e. The number of carbonyl (C=O) groups excluding carboxylic acids is 3. The number of nitrogens with one attached hydrogen (secondary N) is 2. The summed E-state index contributed by atoms with van der Waals surface area (Å²) in [5.41, 5.74) is 2.49. The van der Waals surface area contributed by atoms with Crippen molar-refractivity contribution < 1.29 is 19.1 Å². The van der Waals surface area contributed by atoms with E-state index in [1.54, 1.807) is 60.5 Å². The van der Waals surface area contributed by atoms with Crippen molar-refractivity contribution >= 4 is 29.1 Å². The number of anilines is 2. The van der Waals surface area contributed by atoms with Gasteiger partial charge in [-0.05, 0) is 48.9 Å². The van der Waals surface area contributed by atoms with Gasteiger partial charge in [-0.1, -0.05) is 42.5 Å². The molecule has 34 heavy (non-hydrogen) atoms. The molecule has 7 nitrogen and oxygen atoms in total. The number of carbonyl (C=O) groups is 3. The summed E-state index contributed by atoms with van der Waals surface area (Å²) in [6.45, 7) is 2.18. The van der Waals surface area contributed by atoms with Gasteiger partial charge in [0.1, 0.15) is 5.75 Å². The van der Waals surface area contributed by atoms with Gasteiger partial charge in [-0.3, -0.25) is 14.4 Å². The standard InChI is InChI=1S/C27H27N3O4/c1-18(19-8-4-3-5-9-19)28-27(33)23-10-6-7-11-24(23)29-26(32)20-16-25(31)30(17-20)21-12-14-22(34-2)15-13-21/h3-15,18,20H,16-17H2,1-2H3,(H,28,33)(H,29,32)/t18-,20+/m0/s1. The SMILES string of the molecule is COc1ccc(N2C[C@H](C(=O)Nc3ccccc3C(=O)N[C@@H](C)c3ccccc3)CC2=O)cc1. The number of hydrogen-bond donors (Lipinski definition) is 2. The van der Waals surface area contributed by atoms with Crippen LogP contribution in [-0.4, -0.2) is 31.4 Å². The second-order valence-corrected chi connectivity index (χ2v) is 8.24. The summed E-state index contributed by atoms with van der Waals surface area (Å²) in [5.74, 6) is -0.515. The molecule has 1 aliphatic heterocycles. The summed E-state index contributed by atoms with van der Waals surface area (Å²) in [7, 11) is 1.58. The van der Waals surface area contributed by atoms with Crippen molar-refractivity contribution in [1.82, 2.24) is 5.32 Å². The molecule has 0 spiro atoms. The molecule has 1 fully saturated rings. The van der Waals surface area contributed by atoms with Crippen LogP contribution in [0.4, 0.5) is 11.4 Å². The normalized spacial score (nSPS) is 16.1. The molecule has 0 radical (unpaired) electrons. The molecule has 0 saturated carbocycles. The number of ether oxygens (including phenoxy) is 1. The van der Waals surface area contributed by atoms with E-state index in [1.165, 1.54) is 0 Å². The number of para-hydroxylation sites is 1. The molecular weight excluding hydrogens is 430 g/mol. The molecule has 4 rings (SSSR count). The second-order valence-electron chi connectivity index (χ2n) is 8.24. The molecule has 7 heteroatoms. The van der Waals surface area contributed by atoms with Crippen LogP contribution < -0.4 is 20.3 Å². The highest BCUT2D eigenvalue weighted by Gasteiger charge is 2.35. The van der Waals surface area contributed by atoms with E-state index in [1.807, 2.05) is 37.3 Å². The summed E-state index contributed by atoms with van der Waals surface area (Å²) in [5, 5.41) is 5.84. The lowest BCUT2D eigenvalue weighted by Gasteiger charge is -2.18. The van der Waals surface area contributed by atoms with Crippen molar-refractivity contribution in [3.63, 3.8) is 0 Å². The molecule has 0 aliphatic carbocycles. The van der Waals surface area contributed by atoms with Crippen molar-refractivity contribution in [2.75, 3.05) is 23.9 Å². The third-order valence-corrected chi connectivity index (χ3v) is 5.96. The monoisotopic (exact) mass is 457 g/mol. The molecule has 1 heterocycles. The highest BCUT2D eigenvalue weighted by molar-refractivity contribution is 6.07. The van der Waals surface area contributed by atoms with Crippen molar-refractivity contribution in [3.05, 3.63) is 90.0 Å². The first-order valence-corrected chi connectivity index (χ1v) is 11.2. The average Bonchev–Trinajstić information content (AvgIpc) is 3.26. The lowest BCUT2D eigenvalue weighted by Crippen LogP contribution is -2.30. The van der Waals surface area contributed by atoms with Gasteiger partial charge in [-0.15, -0.1) is 0 Å². The van der Waals surface area contributed by atoms with Crippen LogP contribution in [-0.2, 0) is 9.59 Å². The Bertz CT molecular complexity index is 1180. The lowest BCUT2D eigenvalue weighted by molar-refractivity contribution is -0.122. The second kappa shape index (κ2) is 10.2. The highest BCUT2D eigenvalue weighted by atomic mass is 16.5. The van der Waals surface area contributed by atoms with Crippen LogP contribution in [0.15, 0.2) is 78.9 Å². The van der Waals surface area contributed by atoms with Gasteiger partial charge in [0, 0.05) is 18.7 Å². The van der Waals surface area contributed by atoms with Crippen LogP contribution >= 0.6 is 0 Å². The first-order valence-electron chi connectivity index (χ1n) is 11.2. The Kier molecular flexibility index (Phi) is 6.92. The summed E-state index contributed by atoms with van der Waals surface area (Å²) in [6, 6.07) is 23.5. The quantitative estimate of drug-likeness (QED) is 0.557. The smallest absolute Gasteiger partial charge is 0.253 e. The third-order valence-electron chi connectivity index (χ3n) is 5.96. The van der Waals surface area contributed by atoms with Crippen LogP contribution in [0.5, 0.6) is 5.75 Å². The fraction of sp³-hybridized carbons (Fsp3) is 0.222. The van der Waals surface area contributed by atoms with Gasteiger partial charge < -0.3 is 20.3 Å². The van der Waals surface area contributed by atoms with E-state index in [0.717, 1.165) is 11.3 Å². The number of hydrogen-bond acceptors (Lipinski definition) is 4. The molecule has 1 saturated heterocycles. The van der Waals surface area contributed by atoms with Crippen molar-refractivity contribution in [2.24, 2.45) is 5.92 Å².